The highest BCUT2D eigenvalue weighted by molar-refractivity contribution is 5.83. The molecule has 1 heterocycles. The molecule has 162 valence electrons. The lowest BCUT2D eigenvalue weighted by atomic mass is 9.47. The molecule has 5 aliphatic rings. The summed E-state index contributed by atoms with van der Waals surface area (Å²) in [7, 11) is 0. The summed E-state index contributed by atoms with van der Waals surface area (Å²) in [6.07, 6.45) is 5.03. The van der Waals surface area contributed by atoms with Gasteiger partial charge in [0.25, 0.3) is 5.91 Å². The van der Waals surface area contributed by atoms with Crippen molar-refractivity contribution in [3.05, 3.63) is 23.8 Å². The molecule has 5 atom stereocenters. The van der Waals surface area contributed by atoms with Gasteiger partial charge < -0.3 is 24.6 Å². The van der Waals surface area contributed by atoms with E-state index in [1.54, 1.807) is 6.92 Å². The van der Waals surface area contributed by atoms with E-state index in [0.717, 1.165) is 31.2 Å². The number of nitrogens with one attached hydrogen (secondary N) is 1. The van der Waals surface area contributed by atoms with E-state index in [1.807, 2.05) is 18.2 Å². The zero-order valence-electron chi connectivity index (χ0n) is 17.3. The number of hydrogen-bond acceptors (Lipinski definition) is 6. The molecule has 0 aromatic heterocycles. The molecule has 0 spiro atoms. The van der Waals surface area contributed by atoms with Crippen molar-refractivity contribution in [2.24, 2.45) is 17.3 Å². The molecule has 1 aromatic carbocycles. The van der Waals surface area contributed by atoms with Crippen LogP contribution in [0, 0.1) is 17.3 Å². The smallest absolute Gasteiger partial charge is 0.307 e. The standard InChI is InChI=1S/C23H29NO6/c1-14(21(26)24-11-15-2-3-18-19(5-15)29-13-28-18)30-20(25)10-22-6-16-4-17(7-22)9-23(27,8-16)12-22/h2-3,5,14,16-17,27H,4,6-13H2,1H3,(H,24,26)/t14-,16-,17+,22?,23?/m1/s1. The molecule has 4 fully saturated rings. The van der Waals surface area contributed by atoms with Gasteiger partial charge in [0.15, 0.2) is 17.6 Å². The number of carbonyl (C=O) groups is 2. The molecule has 2 N–H and O–H groups in total. The normalized spacial score (nSPS) is 33.9. The Bertz CT molecular complexity index is 853. The summed E-state index contributed by atoms with van der Waals surface area (Å²) in [6, 6.07) is 5.51. The van der Waals surface area contributed by atoms with Crippen LogP contribution in [0.5, 0.6) is 11.5 Å². The van der Waals surface area contributed by atoms with Crippen LogP contribution in [0.3, 0.4) is 0 Å². The molecule has 7 heteroatoms. The third kappa shape index (κ3) is 3.75. The fraction of sp³-hybridized carbons (Fsp3) is 0.652. The maximum Gasteiger partial charge on any atom is 0.307 e. The van der Waals surface area contributed by atoms with Crippen molar-refractivity contribution >= 4 is 11.9 Å². The predicted molar refractivity (Wildman–Crippen MR) is 107 cm³/mol. The lowest BCUT2D eigenvalue weighted by molar-refractivity contribution is -0.180. The van der Waals surface area contributed by atoms with Gasteiger partial charge in [-0.15, -0.1) is 0 Å². The number of esters is 1. The number of ether oxygens (including phenoxy) is 3. The van der Waals surface area contributed by atoms with Crippen molar-refractivity contribution in [1.82, 2.24) is 5.32 Å². The molecule has 0 saturated heterocycles. The Morgan fingerprint density at radius 1 is 1.20 bits per heavy atom. The van der Waals surface area contributed by atoms with Crippen molar-refractivity contribution in [3.8, 4) is 11.5 Å². The molecule has 1 amide bonds. The van der Waals surface area contributed by atoms with Crippen molar-refractivity contribution in [3.63, 3.8) is 0 Å². The molecule has 4 aliphatic carbocycles. The first-order valence-electron chi connectivity index (χ1n) is 10.9. The van der Waals surface area contributed by atoms with E-state index < -0.39 is 11.7 Å². The minimum Gasteiger partial charge on any atom is -0.454 e. The molecule has 7 nitrogen and oxygen atoms in total. The largest absolute Gasteiger partial charge is 0.454 e. The summed E-state index contributed by atoms with van der Waals surface area (Å²) < 4.78 is 16.1. The molecule has 4 saturated carbocycles. The maximum absolute atomic E-state index is 12.6. The van der Waals surface area contributed by atoms with Gasteiger partial charge in [-0.3, -0.25) is 9.59 Å². The quantitative estimate of drug-likeness (QED) is 0.694. The third-order valence-corrected chi connectivity index (χ3v) is 7.25. The Kier molecular flexibility index (Phi) is 4.69. The second-order valence-electron chi connectivity index (χ2n) is 9.90. The first kappa shape index (κ1) is 19.7. The number of carbonyl (C=O) groups excluding carboxylic acids is 2. The Balaban J connectivity index is 1.13. The topological polar surface area (TPSA) is 94.1 Å². The van der Waals surface area contributed by atoms with E-state index in [-0.39, 0.29) is 24.1 Å². The van der Waals surface area contributed by atoms with E-state index in [2.05, 4.69) is 5.32 Å². The maximum atomic E-state index is 12.6. The van der Waals surface area contributed by atoms with E-state index in [0.29, 0.717) is 42.7 Å². The SMILES string of the molecule is C[C@@H](OC(=O)CC12C[C@@H]3C[C@@H](CC(O)(C3)C1)C2)C(=O)NCc1ccc2c(c1)OCO2. The van der Waals surface area contributed by atoms with E-state index >= 15 is 0 Å². The highest BCUT2D eigenvalue weighted by Crippen LogP contribution is 2.62. The van der Waals surface area contributed by atoms with Crippen LogP contribution in [0.25, 0.3) is 0 Å². The summed E-state index contributed by atoms with van der Waals surface area (Å²) >= 11 is 0. The van der Waals surface area contributed by atoms with Gasteiger partial charge in [-0.25, -0.2) is 0 Å². The predicted octanol–water partition coefficient (Wildman–Crippen LogP) is 2.68. The van der Waals surface area contributed by atoms with Crippen LogP contribution in [-0.2, 0) is 20.9 Å². The zero-order valence-corrected chi connectivity index (χ0v) is 17.3. The molecule has 30 heavy (non-hydrogen) atoms. The number of benzene rings is 1. The fourth-order valence-electron chi connectivity index (χ4n) is 6.59. The van der Waals surface area contributed by atoms with Gasteiger partial charge in [-0.1, -0.05) is 6.07 Å². The number of aliphatic hydroxyl groups is 1. The highest BCUT2D eigenvalue weighted by atomic mass is 16.7. The van der Waals surface area contributed by atoms with Crippen LogP contribution in [0.2, 0.25) is 0 Å². The summed E-state index contributed by atoms with van der Waals surface area (Å²) in [5.74, 6) is 1.73. The van der Waals surface area contributed by atoms with Gasteiger partial charge >= 0.3 is 5.97 Å². The van der Waals surface area contributed by atoms with Crippen molar-refractivity contribution in [1.29, 1.82) is 0 Å². The summed E-state index contributed by atoms with van der Waals surface area (Å²) in [5, 5.41) is 13.7. The first-order valence-corrected chi connectivity index (χ1v) is 10.9. The Labute approximate surface area is 176 Å². The minimum absolute atomic E-state index is 0.154. The minimum atomic E-state index is -0.858. The molecular weight excluding hydrogens is 386 g/mol. The van der Waals surface area contributed by atoms with E-state index in [9.17, 15) is 14.7 Å². The molecule has 1 aliphatic heterocycles. The summed E-state index contributed by atoms with van der Waals surface area (Å²) in [6.45, 7) is 2.12. The molecular formula is C23H29NO6. The van der Waals surface area contributed by atoms with Crippen molar-refractivity contribution in [2.75, 3.05) is 6.79 Å². The fourth-order valence-corrected chi connectivity index (χ4v) is 6.59. The monoisotopic (exact) mass is 415 g/mol. The van der Waals surface area contributed by atoms with Gasteiger partial charge in [0, 0.05) is 6.54 Å². The number of amides is 1. The lowest BCUT2D eigenvalue weighted by Gasteiger charge is -2.60. The zero-order chi connectivity index (χ0) is 20.9. The molecule has 2 unspecified atom stereocenters. The van der Waals surface area contributed by atoms with Crippen LogP contribution in [0.4, 0.5) is 0 Å². The van der Waals surface area contributed by atoms with E-state index in [4.69, 9.17) is 14.2 Å². The van der Waals surface area contributed by atoms with E-state index in [1.165, 1.54) is 6.42 Å². The Morgan fingerprint density at radius 3 is 2.67 bits per heavy atom. The van der Waals surface area contributed by atoms with Gasteiger partial charge in [0.05, 0.1) is 12.0 Å². The molecule has 1 aromatic rings. The van der Waals surface area contributed by atoms with Crippen LogP contribution >= 0.6 is 0 Å². The van der Waals surface area contributed by atoms with Crippen LogP contribution in [0.15, 0.2) is 18.2 Å². The summed E-state index contributed by atoms with van der Waals surface area (Å²) in [5.41, 5.74) is 0.129. The summed E-state index contributed by atoms with van der Waals surface area (Å²) in [4.78, 5) is 25.1. The van der Waals surface area contributed by atoms with Crippen LogP contribution in [0.1, 0.15) is 57.4 Å². The van der Waals surface area contributed by atoms with Crippen molar-refractivity contribution < 1.29 is 28.9 Å². The number of rotatable bonds is 6. The highest BCUT2D eigenvalue weighted by Gasteiger charge is 2.57. The van der Waals surface area contributed by atoms with Gasteiger partial charge in [-0.05, 0) is 80.4 Å². The van der Waals surface area contributed by atoms with Gasteiger partial charge in [0.2, 0.25) is 6.79 Å². The second kappa shape index (κ2) is 7.15. The molecule has 6 rings (SSSR count). The number of hydrogen-bond donors (Lipinski definition) is 2. The van der Waals surface area contributed by atoms with Gasteiger partial charge in [-0.2, -0.15) is 0 Å². The first-order chi connectivity index (χ1) is 14.3. The molecule has 4 bridgehead atoms. The second-order valence-corrected chi connectivity index (χ2v) is 9.90. The van der Waals surface area contributed by atoms with Crippen LogP contribution < -0.4 is 14.8 Å². The lowest BCUT2D eigenvalue weighted by Crippen LogP contribution is -2.56. The molecule has 0 radical (unpaired) electrons. The number of fused-ring (bicyclic) bond motifs is 1. The Hall–Kier alpha value is -2.28. The third-order valence-electron chi connectivity index (χ3n) is 7.25. The van der Waals surface area contributed by atoms with Crippen LogP contribution in [-0.4, -0.2) is 35.5 Å². The van der Waals surface area contributed by atoms with Crippen molar-refractivity contribution in [2.45, 2.75) is 70.1 Å². The average Bonchev–Trinajstić information content (AvgIpc) is 3.11. The Morgan fingerprint density at radius 2 is 1.93 bits per heavy atom. The average molecular weight is 415 g/mol. The van der Waals surface area contributed by atoms with Gasteiger partial charge in [0.1, 0.15) is 0 Å².